The van der Waals surface area contributed by atoms with Gasteiger partial charge in [-0.05, 0) is 31.5 Å². The molecule has 0 radical (unpaired) electrons. The van der Waals surface area contributed by atoms with Crippen LogP contribution < -0.4 is 0 Å². The fourth-order valence-corrected chi connectivity index (χ4v) is 3.32. The van der Waals surface area contributed by atoms with Crippen molar-refractivity contribution in [1.82, 2.24) is 14.5 Å². The number of rotatable bonds is 4. The van der Waals surface area contributed by atoms with Crippen molar-refractivity contribution in [3.63, 3.8) is 0 Å². The molecule has 3 aromatic rings. The van der Waals surface area contributed by atoms with Gasteiger partial charge in [-0.25, -0.2) is 14.4 Å². The smallest absolute Gasteiger partial charge is 0.128 e. The van der Waals surface area contributed by atoms with Crippen LogP contribution in [0.1, 0.15) is 34.9 Å². The van der Waals surface area contributed by atoms with Crippen molar-refractivity contribution in [2.45, 2.75) is 32.2 Å². The summed E-state index contributed by atoms with van der Waals surface area (Å²) in [6, 6.07) is 4.60. The molecule has 2 heterocycles. The van der Waals surface area contributed by atoms with E-state index in [4.69, 9.17) is 11.6 Å². The Bertz CT molecular complexity index is 778. The average molecular weight is 324 g/mol. The number of hydrogen-bond acceptors (Lipinski definition) is 3. The fourth-order valence-electron chi connectivity index (χ4n) is 2.30. The Hall–Kier alpha value is -1.46. The van der Waals surface area contributed by atoms with E-state index in [2.05, 4.69) is 16.9 Å². The number of alkyl halides is 1. The van der Waals surface area contributed by atoms with Crippen molar-refractivity contribution in [3.05, 3.63) is 45.9 Å². The molecule has 0 spiro atoms. The van der Waals surface area contributed by atoms with E-state index < -0.39 is 0 Å². The summed E-state index contributed by atoms with van der Waals surface area (Å²) in [7, 11) is 0. The Labute approximate surface area is 131 Å². The van der Waals surface area contributed by atoms with Crippen LogP contribution >= 0.6 is 22.9 Å². The van der Waals surface area contributed by atoms with Gasteiger partial charge in [0.2, 0.25) is 0 Å². The standard InChI is InChI=1S/C15H15ClFN3S/c1-3-11-7-18-14(21-11)8-20-13-6-10(17)4-5-12(13)19-15(20)9(2)16/h4-7,9H,3,8H2,1-2H3. The summed E-state index contributed by atoms with van der Waals surface area (Å²) in [6.07, 6.45) is 2.86. The molecular weight excluding hydrogens is 309 g/mol. The van der Waals surface area contributed by atoms with Crippen molar-refractivity contribution in [3.8, 4) is 0 Å². The number of nitrogens with zero attached hydrogens (tertiary/aromatic N) is 3. The molecule has 0 saturated carbocycles. The Morgan fingerprint density at radius 2 is 2.24 bits per heavy atom. The second-order valence-corrected chi connectivity index (χ2v) is 6.73. The molecule has 0 aliphatic carbocycles. The molecule has 0 bridgehead atoms. The van der Waals surface area contributed by atoms with Gasteiger partial charge in [0.05, 0.1) is 23.0 Å². The lowest BCUT2D eigenvalue weighted by Crippen LogP contribution is -2.05. The van der Waals surface area contributed by atoms with Crippen LogP contribution in [-0.2, 0) is 13.0 Å². The van der Waals surface area contributed by atoms with E-state index in [1.54, 1.807) is 17.4 Å². The maximum Gasteiger partial charge on any atom is 0.128 e. The SMILES string of the molecule is CCc1cnc(Cn2c(C(C)Cl)nc3ccc(F)cc32)s1. The first-order valence-electron chi connectivity index (χ1n) is 6.81. The second kappa shape index (κ2) is 5.73. The molecule has 3 rings (SSSR count). The van der Waals surface area contributed by atoms with Crippen molar-refractivity contribution in [1.29, 1.82) is 0 Å². The molecular formula is C15H15ClFN3S. The Morgan fingerprint density at radius 3 is 2.90 bits per heavy atom. The molecule has 21 heavy (non-hydrogen) atoms. The van der Waals surface area contributed by atoms with Gasteiger partial charge in [-0.15, -0.1) is 22.9 Å². The summed E-state index contributed by atoms with van der Waals surface area (Å²) < 4.78 is 15.5. The number of imidazole rings is 1. The molecule has 3 nitrogen and oxygen atoms in total. The van der Waals surface area contributed by atoms with Gasteiger partial charge in [0, 0.05) is 11.1 Å². The van der Waals surface area contributed by atoms with Crippen LogP contribution in [0.25, 0.3) is 11.0 Å². The summed E-state index contributed by atoms with van der Waals surface area (Å²) in [5, 5.41) is 0.736. The predicted molar refractivity (Wildman–Crippen MR) is 84.6 cm³/mol. The zero-order valence-corrected chi connectivity index (χ0v) is 13.4. The molecule has 110 valence electrons. The van der Waals surface area contributed by atoms with E-state index in [1.165, 1.54) is 17.0 Å². The first-order chi connectivity index (χ1) is 10.1. The third-order valence-corrected chi connectivity index (χ3v) is 4.66. The summed E-state index contributed by atoms with van der Waals surface area (Å²) in [6.45, 7) is 4.54. The highest BCUT2D eigenvalue weighted by Crippen LogP contribution is 2.27. The van der Waals surface area contributed by atoms with Crippen LogP contribution in [0, 0.1) is 5.82 Å². The molecule has 0 amide bonds. The topological polar surface area (TPSA) is 30.7 Å². The zero-order valence-electron chi connectivity index (χ0n) is 11.8. The number of thiazole rings is 1. The summed E-state index contributed by atoms with van der Waals surface area (Å²) >= 11 is 7.89. The molecule has 1 atom stereocenters. The van der Waals surface area contributed by atoms with E-state index in [1.807, 2.05) is 17.7 Å². The Morgan fingerprint density at radius 1 is 1.43 bits per heavy atom. The van der Waals surface area contributed by atoms with Gasteiger partial charge < -0.3 is 4.57 Å². The highest BCUT2D eigenvalue weighted by Gasteiger charge is 2.16. The molecule has 1 aromatic carbocycles. The van der Waals surface area contributed by atoms with Crippen LogP contribution in [0.5, 0.6) is 0 Å². The number of halogens is 2. The highest BCUT2D eigenvalue weighted by molar-refractivity contribution is 7.11. The van der Waals surface area contributed by atoms with Crippen molar-refractivity contribution in [2.75, 3.05) is 0 Å². The molecule has 0 fully saturated rings. The van der Waals surface area contributed by atoms with Gasteiger partial charge in [0.1, 0.15) is 16.6 Å². The number of benzene rings is 1. The monoisotopic (exact) mass is 323 g/mol. The molecule has 0 saturated heterocycles. The highest BCUT2D eigenvalue weighted by atomic mass is 35.5. The first-order valence-corrected chi connectivity index (χ1v) is 8.07. The summed E-state index contributed by atoms with van der Waals surface area (Å²) in [5.74, 6) is 0.469. The van der Waals surface area contributed by atoms with E-state index in [-0.39, 0.29) is 11.2 Å². The summed E-state index contributed by atoms with van der Waals surface area (Å²) in [5.41, 5.74) is 1.51. The maximum atomic E-state index is 13.5. The summed E-state index contributed by atoms with van der Waals surface area (Å²) in [4.78, 5) is 10.2. The van der Waals surface area contributed by atoms with Crippen molar-refractivity contribution >= 4 is 34.0 Å². The molecule has 0 N–H and O–H groups in total. The van der Waals surface area contributed by atoms with Crippen LogP contribution in [0.3, 0.4) is 0 Å². The maximum absolute atomic E-state index is 13.5. The van der Waals surface area contributed by atoms with Gasteiger partial charge >= 0.3 is 0 Å². The lowest BCUT2D eigenvalue weighted by atomic mass is 10.3. The van der Waals surface area contributed by atoms with E-state index in [9.17, 15) is 4.39 Å². The van der Waals surface area contributed by atoms with Gasteiger partial charge in [-0.2, -0.15) is 0 Å². The molecule has 2 aromatic heterocycles. The molecule has 0 aliphatic rings. The average Bonchev–Trinajstić information content (AvgIpc) is 3.04. The molecule has 6 heteroatoms. The van der Waals surface area contributed by atoms with E-state index >= 15 is 0 Å². The lowest BCUT2D eigenvalue weighted by Gasteiger charge is -2.08. The van der Waals surface area contributed by atoms with Gasteiger partial charge in [0.15, 0.2) is 0 Å². The minimum atomic E-state index is -0.272. The second-order valence-electron chi connectivity index (χ2n) is 4.88. The largest absolute Gasteiger partial charge is 0.320 e. The van der Waals surface area contributed by atoms with Gasteiger partial charge in [-0.1, -0.05) is 6.92 Å². The number of aryl methyl sites for hydroxylation is 1. The van der Waals surface area contributed by atoms with Gasteiger partial charge in [0.25, 0.3) is 0 Å². The lowest BCUT2D eigenvalue weighted by molar-refractivity contribution is 0.628. The predicted octanol–water partition coefficient (Wildman–Crippen LogP) is 4.54. The van der Waals surface area contributed by atoms with E-state index in [0.29, 0.717) is 6.54 Å². The molecule has 0 aliphatic heterocycles. The van der Waals surface area contributed by atoms with E-state index in [0.717, 1.165) is 28.3 Å². The van der Waals surface area contributed by atoms with Crippen molar-refractivity contribution in [2.24, 2.45) is 0 Å². The van der Waals surface area contributed by atoms with Gasteiger partial charge in [-0.3, -0.25) is 0 Å². The number of aromatic nitrogens is 3. The minimum Gasteiger partial charge on any atom is -0.320 e. The van der Waals surface area contributed by atoms with Crippen molar-refractivity contribution < 1.29 is 4.39 Å². The van der Waals surface area contributed by atoms with Crippen LogP contribution in [-0.4, -0.2) is 14.5 Å². The third-order valence-electron chi connectivity index (χ3n) is 3.34. The quantitative estimate of drug-likeness (QED) is 0.660. The fraction of sp³-hybridized carbons (Fsp3) is 0.333. The minimum absolute atomic E-state index is 0.244. The molecule has 1 unspecified atom stereocenters. The normalized spacial score (nSPS) is 13.0. The van der Waals surface area contributed by atoms with Crippen LogP contribution in [0.15, 0.2) is 24.4 Å². The van der Waals surface area contributed by atoms with Crippen LogP contribution in [0.4, 0.5) is 4.39 Å². The number of hydrogen-bond donors (Lipinski definition) is 0. The van der Waals surface area contributed by atoms with Crippen LogP contribution in [0.2, 0.25) is 0 Å². The Kier molecular flexibility index (Phi) is 3.95. The zero-order chi connectivity index (χ0) is 15.0. The third kappa shape index (κ3) is 2.80. The first kappa shape index (κ1) is 14.5. The Balaban J connectivity index is 2.09. The number of fused-ring (bicyclic) bond motifs is 1.